The molecule has 1 N–H and O–H groups in total. The van der Waals surface area contributed by atoms with Crippen LogP contribution < -0.4 is 10.1 Å². The summed E-state index contributed by atoms with van der Waals surface area (Å²) in [5, 5.41) is 7.42. The molecule has 0 spiro atoms. The first-order chi connectivity index (χ1) is 17.9. The van der Waals surface area contributed by atoms with E-state index in [1.54, 1.807) is 4.90 Å². The van der Waals surface area contributed by atoms with Crippen molar-refractivity contribution in [1.82, 2.24) is 20.4 Å². The topological polar surface area (TPSA) is 80.5 Å². The van der Waals surface area contributed by atoms with Crippen LogP contribution in [0.4, 0.5) is 4.79 Å². The summed E-state index contributed by atoms with van der Waals surface area (Å²) in [6, 6.07) is 23.3. The van der Waals surface area contributed by atoms with Gasteiger partial charge in [-0.3, -0.25) is 4.90 Å². The summed E-state index contributed by atoms with van der Waals surface area (Å²) >= 11 is 0. The van der Waals surface area contributed by atoms with Crippen LogP contribution in [0.5, 0.6) is 5.75 Å². The number of hydrogen-bond acceptors (Lipinski definition) is 5. The molecule has 188 valence electrons. The lowest BCUT2D eigenvalue weighted by Gasteiger charge is -2.35. The van der Waals surface area contributed by atoms with Gasteiger partial charge in [0.25, 0.3) is 5.89 Å². The van der Waals surface area contributed by atoms with Crippen LogP contribution in [-0.2, 0) is 6.54 Å². The van der Waals surface area contributed by atoms with E-state index >= 15 is 0 Å². The minimum atomic E-state index is -0.420. The van der Waals surface area contributed by atoms with Crippen LogP contribution in [0.2, 0.25) is 0 Å². The Morgan fingerprint density at radius 1 is 0.919 bits per heavy atom. The zero-order chi connectivity index (χ0) is 25.9. The number of nitrogens with one attached hydrogen (secondary N) is 1. The lowest BCUT2D eigenvalue weighted by Crippen LogP contribution is -2.45. The molecule has 0 aliphatic carbocycles. The molecule has 0 saturated heterocycles. The lowest BCUT2D eigenvalue weighted by molar-refractivity contribution is 0.203. The van der Waals surface area contributed by atoms with Crippen LogP contribution in [0.15, 0.2) is 83.0 Å². The predicted octanol–water partition coefficient (Wildman–Crippen LogP) is 6.45. The Bertz CT molecular complexity index is 1420. The number of benzene rings is 3. The van der Waals surface area contributed by atoms with E-state index in [4.69, 9.17) is 14.2 Å². The van der Waals surface area contributed by atoms with E-state index in [9.17, 15) is 4.79 Å². The molecule has 2 heterocycles. The van der Waals surface area contributed by atoms with Crippen LogP contribution in [-0.4, -0.2) is 27.7 Å². The van der Waals surface area contributed by atoms with Gasteiger partial charge in [-0.25, -0.2) is 4.79 Å². The summed E-state index contributed by atoms with van der Waals surface area (Å²) in [7, 11) is 0. The lowest BCUT2D eigenvalue weighted by atomic mass is 9.94. The van der Waals surface area contributed by atoms with Gasteiger partial charge in [-0.05, 0) is 51.0 Å². The third-order valence-corrected chi connectivity index (χ3v) is 6.55. The van der Waals surface area contributed by atoms with Crippen LogP contribution in [0, 0.1) is 13.8 Å². The Labute approximate surface area is 216 Å². The Morgan fingerprint density at radius 3 is 2.22 bits per heavy atom. The molecule has 0 fully saturated rings. The standard InChI is InChI=1S/C30H30N4O3/c1-5-36-25-16-10-22(11-17-25)18-34-21(4)26(27(31-30(34)35)23-12-6-19(2)7-13-23)29-32-28(33-37-29)24-14-8-20(3)9-15-24/h6-17,27H,5,18H2,1-4H3,(H,31,35). The Morgan fingerprint density at radius 2 is 1.57 bits per heavy atom. The number of amides is 2. The molecule has 4 aromatic rings. The fourth-order valence-electron chi connectivity index (χ4n) is 4.45. The quantitative estimate of drug-likeness (QED) is 0.319. The number of rotatable bonds is 7. The molecule has 1 aromatic heterocycles. The number of ether oxygens (including phenoxy) is 1. The first-order valence-corrected chi connectivity index (χ1v) is 12.4. The molecule has 0 radical (unpaired) electrons. The van der Waals surface area contributed by atoms with Gasteiger partial charge >= 0.3 is 6.03 Å². The maximum atomic E-state index is 13.4. The molecule has 0 saturated carbocycles. The summed E-state index contributed by atoms with van der Waals surface area (Å²) < 4.78 is 11.4. The number of allylic oxidation sites excluding steroid dienone is 1. The molecule has 1 unspecified atom stereocenters. The van der Waals surface area contributed by atoms with E-state index < -0.39 is 6.04 Å². The first kappa shape index (κ1) is 24.3. The van der Waals surface area contributed by atoms with Crippen molar-refractivity contribution < 1.29 is 14.1 Å². The second kappa shape index (κ2) is 10.3. The minimum absolute atomic E-state index is 0.181. The number of aryl methyl sites for hydroxylation is 2. The third kappa shape index (κ3) is 5.11. The summed E-state index contributed by atoms with van der Waals surface area (Å²) in [5.41, 5.74) is 6.65. The van der Waals surface area contributed by atoms with E-state index in [0.717, 1.165) is 44.8 Å². The molecule has 7 nitrogen and oxygen atoms in total. The van der Waals surface area contributed by atoms with E-state index in [0.29, 0.717) is 24.9 Å². The number of aromatic nitrogens is 2. The number of nitrogens with zero attached hydrogens (tertiary/aromatic N) is 3. The predicted molar refractivity (Wildman–Crippen MR) is 143 cm³/mol. The third-order valence-electron chi connectivity index (χ3n) is 6.55. The highest BCUT2D eigenvalue weighted by molar-refractivity contribution is 5.86. The average molecular weight is 495 g/mol. The van der Waals surface area contributed by atoms with Crippen molar-refractivity contribution in [3.63, 3.8) is 0 Å². The van der Waals surface area contributed by atoms with Gasteiger partial charge in [0.2, 0.25) is 5.82 Å². The highest BCUT2D eigenvalue weighted by atomic mass is 16.5. The zero-order valence-electron chi connectivity index (χ0n) is 21.5. The minimum Gasteiger partial charge on any atom is -0.494 e. The monoisotopic (exact) mass is 494 g/mol. The highest BCUT2D eigenvalue weighted by Crippen LogP contribution is 2.38. The molecule has 1 aliphatic rings. The molecule has 0 bridgehead atoms. The molecule has 3 aromatic carbocycles. The molecule has 37 heavy (non-hydrogen) atoms. The van der Waals surface area contributed by atoms with Crippen molar-refractivity contribution in [2.24, 2.45) is 0 Å². The zero-order valence-corrected chi connectivity index (χ0v) is 21.5. The second-order valence-corrected chi connectivity index (χ2v) is 9.24. The number of carbonyl (C=O) groups is 1. The summed E-state index contributed by atoms with van der Waals surface area (Å²) in [4.78, 5) is 19.8. The number of carbonyl (C=O) groups excluding carboxylic acids is 1. The first-order valence-electron chi connectivity index (χ1n) is 12.4. The van der Waals surface area contributed by atoms with Gasteiger partial charge in [0, 0.05) is 11.3 Å². The van der Waals surface area contributed by atoms with Crippen molar-refractivity contribution in [2.45, 2.75) is 40.3 Å². The molecule has 7 heteroatoms. The van der Waals surface area contributed by atoms with E-state index in [2.05, 4.69) is 10.5 Å². The second-order valence-electron chi connectivity index (χ2n) is 9.24. The van der Waals surface area contributed by atoms with Crippen molar-refractivity contribution in [1.29, 1.82) is 0 Å². The molecular formula is C30H30N4O3. The van der Waals surface area contributed by atoms with E-state index in [-0.39, 0.29) is 6.03 Å². The summed E-state index contributed by atoms with van der Waals surface area (Å²) in [6.07, 6.45) is 0. The normalized spacial score (nSPS) is 15.6. The summed E-state index contributed by atoms with van der Waals surface area (Å²) in [5.74, 6) is 1.69. The van der Waals surface area contributed by atoms with Gasteiger partial charge in [-0.2, -0.15) is 4.98 Å². The van der Waals surface area contributed by atoms with Crippen LogP contribution in [0.1, 0.15) is 48.0 Å². The molecule has 1 aliphatic heterocycles. The van der Waals surface area contributed by atoms with Crippen LogP contribution in [0.3, 0.4) is 0 Å². The van der Waals surface area contributed by atoms with Crippen molar-refractivity contribution >= 4 is 11.6 Å². The average Bonchev–Trinajstić information content (AvgIpc) is 3.38. The Hall–Kier alpha value is -4.39. The largest absolute Gasteiger partial charge is 0.494 e. The fraction of sp³-hybridized carbons (Fsp3) is 0.233. The fourth-order valence-corrected chi connectivity index (χ4v) is 4.45. The van der Waals surface area contributed by atoms with Crippen molar-refractivity contribution in [3.8, 4) is 17.1 Å². The number of urea groups is 1. The van der Waals surface area contributed by atoms with Gasteiger partial charge in [0.1, 0.15) is 5.75 Å². The smallest absolute Gasteiger partial charge is 0.322 e. The molecular weight excluding hydrogens is 464 g/mol. The van der Waals surface area contributed by atoms with Crippen LogP contribution >= 0.6 is 0 Å². The Kier molecular flexibility index (Phi) is 6.77. The van der Waals surface area contributed by atoms with E-state index in [1.807, 2.05) is 100 Å². The molecule has 5 rings (SSSR count). The van der Waals surface area contributed by atoms with E-state index in [1.165, 1.54) is 0 Å². The summed E-state index contributed by atoms with van der Waals surface area (Å²) in [6.45, 7) is 8.96. The highest BCUT2D eigenvalue weighted by Gasteiger charge is 2.35. The molecule has 2 amide bonds. The van der Waals surface area contributed by atoms with Gasteiger partial charge in [0.05, 0.1) is 24.8 Å². The SMILES string of the molecule is CCOc1ccc(CN2C(=O)NC(c3ccc(C)cc3)C(c3nc(-c4ccc(C)cc4)no3)=C2C)cc1. The van der Waals surface area contributed by atoms with Gasteiger partial charge < -0.3 is 14.6 Å². The van der Waals surface area contributed by atoms with Crippen molar-refractivity contribution in [3.05, 3.63) is 107 Å². The van der Waals surface area contributed by atoms with Gasteiger partial charge in [0.15, 0.2) is 0 Å². The van der Waals surface area contributed by atoms with Crippen molar-refractivity contribution in [2.75, 3.05) is 6.61 Å². The number of hydrogen-bond donors (Lipinski definition) is 1. The van der Waals surface area contributed by atoms with Crippen LogP contribution in [0.25, 0.3) is 17.0 Å². The van der Waals surface area contributed by atoms with Gasteiger partial charge in [-0.1, -0.05) is 76.9 Å². The Balaban J connectivity index is 1.54. The maximum absolute atomic E-state index is 13.4. The van der Waals surface area contributed by atoms with Gasteiger partial charge in [-0.15, -0.1) is 0 Å². The maximum Gasteiger partial charge on any atom is 0.322 e. The molecule has 1 atom stereocenters.